The van der Waals surface area contributed by atoms with E-state index in [-0.39, 0.29) is 11.5 Å². The Bertz CT molecular complexity index is 2170. The number of hydrogen-bond acceptors (Lipinski definition) is 9. The van der Waals surface area contributed by atoms with E-state index in [9.17, 15) is 24.3 Å². The van der Waals surface area contributed by atoms with Crippen molar-refractivity contribution in [3.63, 3.8) is 0 Å². The minimum absolute atomic E-state index is 0.0145. The summed E-state index contributed by atoms with van der Waals surface area (Å²) in [4.78, 5) is 51.0. The number of carbonyl (C=O) groups is 4. The lowest BCUT2D eigenvalue weighted by atomic mass is 10.0. The van der Waals surface area contributed by atoms with E-state index in [1.54, 1.807) is 49.9 Å². The van der Waals surface area contributed by atoms with Gasteiger partial charge >= 0.3 is 17.9 Å². The summed E-state index contributed by atoms with van der Waals surface area (Å²) in [5, 5.41) is 18.6. The first kappa shape index (κ1) is 39.0. The van der Waals surface area contributed by atoms with E-state index in [0.29, 0.717) is 22.5 Å². The highest BCUT2D eigenvalue weighted by Crippen LogP contribution is 2.22. The maximum absolute atomic E-state index is 11.3. The summed E-state index contributed by atoms with van der Waals surface area (Å²) in [6, 6.07) is 18.6. The topological polar surface area (TPSA) is 162 Å². The molecule has 6 rings (SSSR count). The molecular formula is C39H40N4O8. The van der Waals surface area contributed by atoms with Gasteiger partial charge in [-0.05, 0) is 86.3 Å². The summed E-state index contributed by atoms with van der Waals surface area (Å²) in [6.07, 6.45) is 9.95. The third-order valence-corrected chi connectivity index (χ3v) is 7.61. The predicted octanol–water partition coefficient (Wildman–Crippen LogP) is 6.34. The van der Waals surface area contributed by atoms with Crippen LogP contribution in [0.4, 0.5) is 0 Å². The van der Waals surface area contributed by atoms with Crippen molar-refractivity contribution in [2.24, 2.45) is 0 Å². The minimum atomic E-state index is -1.11. The molecule has 1 atom stereocenters. The number of carboxylic acid groups (broad SMARTS) is 1. The van der Waals surface area contributed by atoms with Gasteiger partial charge in [0.25, 0.3) is 0 Å². The van der Waals surface area contributed by atoms with Gasteiger partial charge in [-0.15, -0.1) is 0 Å². The quantitative estimate of drug-likeness (QED) is 0.115. The van der Waals surface area contributed by atoms with E-state index in [1.807, 2.05) is 84.4 Å². The molecule has 51 heavy (non-hydrogen) atoms. The number of aromatic nitrogens is 4. The molecule has 6 aromatic rings. The molecule has 0 bridgehead atoms. The van der Waals surface area contributed by atoms with Gasteiger partial charge in [-0.3, -0.25) is 14.8 Å². The second kappa shape index (κ2) is 18.4. The predicted molar refractivity (Wildman–Crippen MR) is 192 cm³/mol. The number of carbonyl (C=O) groups excluding carboxylic acids is 3. The molecule has 0 saturated carbocycles. The second-order valence-electron chi connectivity index (χ2n) is 11.2. The minimum Gasteiger partial charge on any atom is -0.478 e. The van der Waals surface area contributed by atoms with E-state index in [1.165, 1.54) is 14.2 Å². The van der Waals surface area contributed by atoms with Crippen molar-refractivity contribution in [2.75, 3.05) is 14.2 Å². The summed E-state index contributed by atoms with van der Waals surface area (Å²) in [5.41, 5.74) is 7.77. The van der Waals surface area contributed by atoms with Crippen molar-refractivity contribution in [2.45, 2.75) is 33.8 Å². The summed E-state index contributed by atoms with van der Waals surface area (Å²) >= 11 is 0. The highest BCUT2D eigenvalue weighted by Gasteiger charge is 2.21. The number of rotatable bonds is 6. The highest BCUT2D eigenvalue weighted by atomic mass is 16.5. The molecule has 0 saturated heterocycles. The number of aromatic carboxylic acids is 1. The van der Waals surface area contributed by atoms with Gasteiger partial charge in [-0.2, -0.15) is 0 Å². The Morgan fingerprint density at radius 3 is 1.73 bits per heavy atom. The monoisotopic (exact) mass is 692 g/mol. The van der Waals surface area contributed by atoms with Crippen molar-refractivity contribution in [1.82, 2.24) is 18.8 Å². The smallest absolute Gasteiger partial charge is 0.339 e. The van der Waals surface area contributed by atoms with Gasteiger partial charge in [-0.25, -0.2) is 14.4 Å². The van der Waals surface area contributed by atoms with Gasteiger partial charge in [0.2, 0.25) is 0 Å². The molecule has 6 heterocycles. The largest absolute Gasteiger partial charge is 0.478 e. The Morgan fingerprint density at radius 1 is 0.765 bits per heavy atom. The Morgan fingerprint density at radius 2 is 1.27 bits per heavy atom. The normalized spacial score (nSPS) is 10.6. The van der Waals surface area contributed by atoms with Crippen LogP contribution in [0.1, 0.15) is 65.3 Å². The standard InChI is InChI=1S/C11H13NO3.C11H11NO2.C10H9NO2.C7H7NO/c1-7-5-4-6-12-9(7)10(13)8(2)11(14)15-3;1-8-4-3-5-12-7-9(6-10(8)12)11(13)14-2;1-7-3-2-4-11-6-8(10(12)13)5-9(7)11;1-6-3-2-4-8-7(6)5-9/h4-6,10,13H,2H2,1,3H3;3-7H,1-2H3;2-6H,1H3,(H,12,13);2-5H,1H3. The number of carboxylic acids is 1. The molecule has 6 aromatic heterocycles. The Kier molecular flexibility index (Phi) is 14.1. The number of hydrogen-bond donors (Lipinski definition) is 2. The molecule has 0 aliphatic carbocycles. The van der Waals surface area contributed by atoms with Crippen molar-refractivity contribution >= 4 is 35.2 Å². The zero-order chi connectivity index (χ0) is 37.7. The van der Waals surface area contributed by atoms with E-state index in [2.05, 4.69) is 26.0 Å². The number of ether oxygens (including phenoxy) is 2. The maximum Gasteiger partial charge on any atom is 0.339 e. The van der Waals surface area contributed by atoms with Crippen LogP contribution in [-0.4, -0.2) is 67.4 Å². The van der Waals surface area contributed by atoms with E-state index >= 15 is 0 Å². The lowest BCUT2D eigenvalue weighted by molar-refractivity contribution is -0.137. The lowest BCUT2D eigenvalue weighted by Crippen LogP contribution is -2.14. The fourth-order valence-corrected chi connectivity index (χ4v) is 4.73. The summed E-state index contributed by atoms with van der Waals surface area (Å²) in [7, 11) is 2.63. The van der Waals surface area contributed by atoms with Crippen LogP contribution < -0.4 is 0 Å². The molecule has 2 N–H and O–H groups in total. The molecule has 0 spiro atoms. The van der Waals surface area contributed by atoms with Gasteiger partial charge in [0.15, 0.2) is 6.29 Å². The average Bonchev–Trinajstić information content (AvgIpc) is 3.79. The third-order valence-electron chi connectivity index (χ3n) is 7.61. The average molecular weight is 693 g/mol. The van der Waals surface area contributed by atoms with E-state index in [4.69, 9.17) is 5.11 Å². The van der Waals surface area contributed by atoms with Gasteiger partial charge < -0.3 is 28.5 Å². The molecule has 0 radical (unpaired) electrons. The molecule has 264 valence electrons. The second-order valence-corrected chi connectivity index (χ2v) is 11.2. The molecule has 0 fully saturated rings. The van der Waals surface area contributed by atoms with Crippen LogP contribution in [0.2, 0.25) is 0 Å². The molecular weight excluding hydrogens is 652 g/mol. The number of pyridine rings is 4. The molecule has 0 aromatic carbocycles. The van der Waals surface area contributed by atoms with Gasteiger partial charge in [0, 0.05) is 48.2 Å². The Labute approximate surface area is 295 Å². The van der Waals surface area contributed by atoms with Crippen LogP contribution >= 0.6 is 0 Å². The molecule has 0 amide bonds. The number of aliphatic hydroxyl groups excluding tert-OH is 1. The Hall–Kier alpha value is -6.40. The summed E-state index contributed by atoms with van der Waals surface area (Å²) in [5.74, 6) is -1.82. The van der Waals surface area contributed by atoms with Crippen molar-refractivity contribution in [3.05, 3.63) is 155 Å². The van der Waals surface area contributed by atoms with Crippen molar-refractivity contribution in [3.8, 4) is 0 Å². The van der Waals surface area contributed by atoms with Crippen LogP contribution in [0.5, 0.6) is 0 Å². The maximum atomic E-state index is 11.3. The molecule has 0 aliphatic heterocycles. The molecule has 12 nitrogen and oxygen atoms in total. The van der Waals surface area contributed by atoms with Crippen LogP contribution in [0.15, 0.2) is 110 Å². The Balaban J connectivity index is 0.000000186. The number of esters is 2. The van der Waals surface area contributed by atoms with Crippen LogP contribution in [0, 0.1) is 27.7 Å². The SMILES string of the molecule is C=C(C(=O)OC)C(O)c1ncccc1C.COC(=O)c1cc2c(C)cccn2c1.Cc1cccn2cc(C(=O)O)cc12.Cc1cccnc1C=O. The van der Waals surface area contributed by atoms with E-state index < -0.39 is 18.0 Å². The molecule has 1 unspecified atom stereocenters. The van der Waals surface area contributed by atoms with E-state index in [0.717, 1.165) is 39.6 Å². The molecule has 12 heteroatoms. The summed E-state index contributed by atoms with van der Waals surface area (Å²) < 4.78 is 12.9. The first-order chi connectivity index (χ1) is 24.3. The number of aliphatic hydroxyl groups is 1. The zero-order valence-corrected chi connectivity index (χ0v) is 29.2. The first-order valence-electron chi connectivity index (χ1n) is 15.5. The number of fused-ring (bicyclic) bond motifs is 2. The highest BCUT2D eigenvalue weighted by molar-refractivity contribution is 5.91. The fraction of sp³-hybridized carbons (Fsp3) is 0.179. The van der Waals surface area contributed by atoms with Crippen LogP contribution in [0.25, 0.3) is 11.0 Å². The van der Waals surface area contributed by atoms with Crippen molar-refractivity contribution < 1.29 is 38.9 Å². The summed E-state index contributed by atoms with van der Waals surface area (Å²) in [6.45, 7) is 11.1. The van der Waals surface area contributed by atoms with Gasteiger partial charge in [0.1, 0.15) is 11.8 Å². The molecule has 0 aliphatic rings. The number of nitrogens with zero attached hydrogens (tertiary/aromatic N) is 4. The first-order valence-corrected chi connectivity index (χ1v) is 15.5. The third kappa shape index (κ3) is 10.3. The lowest BCUT2D eigenvalue weighted by Gasteiger charge is -2.13. The van der Waals surface area contributed by atoms with Crippen molar-refractivity contribution in [1.29, 1.82) is 0 Å². The fourth-order valence-electron chi connectivity index (χ4n) is 4.73. The van der Waals surface area contributed by atoms with Gasteiger partial charge in [0.05, 0.1) is 36.6 Å². The number of aldehydes is 1. The van der Waals surface area contributed by atoms with Gasteiger partial charge in [-0.1, -0.05) is 30.8 Å². The van der Waals surface area contributed by atoms with Crippen LogP contribution in [0.3, 0.4) is 0 Å². The zero-order valence-electron chi connectivity index (χ0n) is 29.2. The number of aryl methyl sites for hydroxylation is 4. The van der Waals surface area contributed by atoms with Crippen LogP contribution in [-0.2, 0) is 14.3 Å². The number of methoxy groups -OCH3 is 2.